The van der Waals surface area contributed by atoms with Crippen LogP contribution in [0.15, 0.2) is 18.2 Å². The average Bonchev–Trinajstić information content (AvgIpc) is 2.23. The van der Waals surface area contributed by atoms with Crippen molar-refractivity contribution in [3.63, 3.8) is 0 Å². The van der Waals surface area contributed by atoms with Crippen LogP contribution in [0.4, 0.5) is 0 Å². The molecule has 1 N–H and O–H groups in total. The SMILES string of the molecule is CC1(C)COP(=O)(O)O[C@@H]1c1ccc(Cl)cc1Cl. The molecule has 0 aromatic heterocycles. The van der Waals surface area contributed by atoms with Crippen molar-refractivity contribution in [3.05, 3.63) is 33.8 Å². The van der Waals surface area contributed by atoms with Crippen molar-refractivity contribution in [2.45, 2.75) is 20.0 Å². The molecule has 1 fully saturated rings. The van der Waals surface area contributed by atoms with E-state index in [0.29, 0.717) is 15.6 Å². The molecule has 2 atom stereocenters. The Morgan fingerprint density at radius 3 is 2.72 bits per heavy atom. The summed E-state index contributed by atoms with van der Waals surface area (Å²) in [6.45, 7) is 3.87. The van der Waals surface area contributed by atoms with Crippen molar-refractivity contribution in [2.75, 3.05) is 6.61 Å². The molecule has 7 heteroatoms. The van der Waals surface area contributed by atoms with Crippen LogP contribution >= 0.6 is 31.0 Å². The monoisotopic (exact) mass is 310 g/mol. The molecule has 0 saturated carbocycles. The second-order valence-electron chi connectivity index (χ2n) is 4.88. The third kappa shape index (κ3) is 2.90. The number of hydrogen-bond donors (Lipinski definition) is 1. The van der Waals surface area contributed by atoms with Crippen LogP contribution in [-0.4, -0.2) is 11.5 Å². The van der Waals surface area contributed by atoms with E-state index in [4.69, 9.17) is 32.2 Å². The van der Waals surface area contributed by atoms with E-state index in [1.165, 1.54) is 0 Å². The van der Waals surface area contributed by atoms with Crippen LogP contribution in [0.25, 0.3) is 0 Å². The second kappa shape index (κ2) is 4.78. The molecule has 1 aliphatic heterocycles. The van der Waals surface area contributed by atoms with E-state index in [-0.39, 0.29) is 6.61 Å². The number of hydrogen-bond acceptors (Lipinski definition) is 3. The molecule has 100 valence electrons. The van der Waals surface area contributed by atoms with Crippen LogP contribution in [-0.2, 0) is 13.6 Å². The summed E-state index contributed by atoms with van der Waals surface area (Å²) in [6.07, 6.45) is -0.619. The van der Waals surface area contributed by atoms with Gasteiger partial charge in [-0.15, -0.1) is 0 Å². The van der Waals surface area contributed by atoms with E-state index >= 15 is 0 Å². The van der Waals surface area contributed by atoms with Crippen molar-refractivity contribution < 1.29 is 18.5 Å². The molecule has 2 rings (SSSR count). The van der Waals surface area contributed by atoms with Gasteiger partial charge in [0.2, 0.25) is 0 Å². The van der Waals surface area contributed by atoms with E-state index in [1.807, 2.05) is 13.8 Å². The highest BCUT2D eigenvalue weighted by atomic mass is 35.5. The summed E-state index contributed by atoms with van der Waals surface area (Å²) < 4.78 is 21.5. The lowest BCUT2D eigenvalue weighted by Gasteiger charge is -2.39. The smallest absolute Gasteiger partial charge is 0.302 e. The van der Waals surface area contributed by atoms with Gasteiger partial charge < -0.3 is 4.89 Å². The minimum atomic E-state index is -4.01. The molecule has 1 saturated heterocycles. The third-order valence-corrected chi connectivity index (χ3v) is 4.29. The summed E-state index contributed by atoms with van der Waals surface area (Å²) in [5.41, 5.74) is 0.164. The highest BCUT2D eigenvalue weighted by Gasteiger charge is 2.45. The Kier molecular flexibility index (Phi) is 3.81. The highest BCUT2D eigenvalue weighted by Crippen LogP contribution is 2.58. The quantitative estimate of drug-likeness (QED) is 0.789. The van der Waals surface area contributed by atoms with Gasteiger partial charge in [-0.25, -0.2) is 4.57 Å². The second-order valence-corrected chi connectivity index (χ2v) is 7.13. The predicted octanol–water partition coefficient (Wildman–Crippen LogP) is 4.21. The Labute approximate surface area is 115 Å². The minimum Gasteiger partial charge on any atom is -0.302 e. The summed E-state index contributed by atoms with van der Waals surface area (Å²) in [5.74, 6) is 0. The summed E-state index contributed by atoms with van der Waals surface area (Å²) in [5, 5.41) is 0.906. The van der Waals surface area contributed by atoms with Gasteiger partial charge in [0.25, 0.3) is 0 Å². The molecule has 1 aromatic carbocycles. The normalized spacial score (nSPS) is 31.3. The summed E-state index contributed by atoms with van der Waals surface area (Å²) >= 11 is 11.9. The molecule has 0 bridgehead atoms. The van der Waals surface area contributed by atoms with Crippen LogP contribution in [0, 0.1) is 5.41 Å². The largest absolute Gasteiger partial charge is 0.472 e. The fourth-order valence-electron chi connectivity index (χ4n) is 1.82. The van der Waals surface area contributed by atoms with Crippen molar-refractivity contribution in [1.29, 1.82) is 0 Å². The average molecular weight is 311 g/mol. The zero-order valence-electron chi connectivity index (χ0n) is 9.89. The Balaban J connectivity index is 2.43. The minimum absolute atomic E-state index is 0.115. The van der Waals surface area contributed by atoms with Gasteiger partial charge >= 0.3 is 7.82 Å². The molecule has 0 aliphatic carbocycles. The lowest BCUT2D eigenvalue weighted by atomic mass is 9.83. The third-order valence-electron chi connectivity index (χ3n) is 2.79. The van der Waals surface area contributed by atoms with Crippen LogP contribution < -0.4 is 0 Å². The number of rotatable bonds is 1. The van der Waals surface area contributed by atoms with Crippen molar-refractivity contribution >= 4 is 31.0 Å². The standard InChI is InChI=1S/C11H13Cl2O4P/c1-11(2)6-16-18(14,15)17-10(11)8-4-3-7(12)5-9(8)13/h3-5,10H,6H2,1-2H3,(H,14,15)/t10-/m1/s1. The zero-order chi connectivity index (χ0) is 13.6. The van der Waals surface area contributed by atoms with E-state index in [2.05, 4.69) is 0 Å². The molecule has 0 spiro atoms. The summed E-state index contributed by atoms with van der Waals surface area (Å²) in [4.78, 5) is 9.43. The first kappa shape index (κ1) is 14.3. The van der Waals surface area contributed by atoms with Gasteiger partial charge in [0, 0.05) is 21.0 Å². The maximum Gasteiger partial charge on any atom is 0.472 e. The molecule has 1 aliphatic rings. The molecule has 1 aromatic rings. The van der Waals surface area contributed by atoms with Crippen LogP contribution in [0.3, 0.4) is 0 Å². The van der Waals surface area contributed by atoms with Crippen LogP contribution in [0.1, 0.15) is 25.5 Å². The first-order valence-electron chi connectivity index (χ1n) is 5.32. The van der Waals surface area contributed by atoms with Crippen molar-refractivity contribution in [2.24, 2.45) is 5.41 Å². The van der Waals surface area contributed by atoms with Crippen molar-refractivity contribution in [3.8, 4) is 0 Å². The maximum absolute atomic E-state index is 11.5. The Morgan fingerprint density at radius 2 is 2.11 bits per heavy atom. The number of benzene rings is 1. The highest BCUT2D eigenvalue weighted by molar-refractivity contribution is 7.47. The Morgan fingerprint density at radius 1 is 1.44 bits per heavy atom. The topological polar surface area (TPSA) is 55.8 Å². The van der Waals surface area contributed by atoms with Crippen LogP contribution in [0.2, 0.25) is 10.0 Å². The summed E-state index contributed by atoms with van der Waals surface area (Å²) in [6, 6.07) is 4.94. The molecule has 1 heterocycles. The summed E-state index contributed by atoms with van der Waals surface area (Å²) in [7, 11) is -4.01. The lowest BCUT2D eigenvalue weighted by Crippen LogP contribution is -2.33. The number of phosphoric ester groups is 1. The first-order valence-corrected chi connectivity index (χ1v) is 7.57. The lowest BCUT2D eigenvalue weighted by molar-refractivity contribution is -0.0472. The first-order chi connectivity index (χ1) is 8.21. The van der Waals surface area contributed by atoms with E-state index in [9.17, 15) is 9.46 Å². The maximum atomic E-state index is 11.5. The van der Waals surface area contributed by atoms with Crippen LogP contribution in [0.5, 0.6) is 0 Å². The Bertz CT molecular complexity index is 518. The molecule has 1 unspecified atom stereocenters. The van der Waals surface area contributed by atoms with E-state index in [0.717, 1.165) is 0 Å². The molecule has 4 nitrogen and oxygen atoms in total. The number of halogens is 2. The van der Waals surface area contributed by atoms with Gasteiger partial charge in [-0.1, -0.05) is 43.1 Å². The van der Waals surface area contributed by atoms with Gasteiger partial charge in [0.15, 0.2) is 0 Å². The van der Waals surface area contributed by atoms with E-state index < -0.39 is 19.3 Å². The molecule has 0 radical (unpaired) electrons. The van der Waals surface area contributed by atoms with Gasteiger partial charge in [-0.2, -0.15) is 0 Å². The van der Waals surface area contributed by atoms with Gasteiger partial charge in [0.1, 0.15) is 6.10 Å². The van der Waals surface area contributed by atoms with Gasteiger partial charge in [-0.3, -0.25) is 9.05 Å². The fraction of sp³-hybridized carbons (Fsp3) is 0.455. The Hall–Kier alpha value is -0.0900. The molecular formula is C11H13Cl2O4P. The van der Waals surface area contributed by atoms with Gasteiger partial charge in [0.05, 0.1) is 6.61 Å². The fourth-order valence-corrected chi connectivity index (χ4v) is 3.55. The van der Waals surface area contributed by atoms with E-state index in [1.54, 1.807) is 18.2 Å². The molecular weight excluding hydrogens is 298 g/mol. The van der Waals surface area contributed by atoms with Crippen molar-refractivity contribution in [1.82, 2.24) is 0 Å². The molecule has 18 heavy (non-hydrogen) atoms. The predicted molar refractivity (Wildman–Crippen MR) is 69.8 cm³/mol. The molecule has 0 amide bonds. The number of phosphoric acid groups is 1. The van der Waals surface area contributed by atoms with Gasteiger partial charge in [-0.05, 0) is 12.1 Å². The zero-order valence-corrected chi connectivity index (χ0v) is 12.3.